The van der Waals surface area contributed by atoms with Crippen LogP contribution in [0.4, 0.5) is 4.79 Å². The van der Waals surface area contributed by atoms with Gasteiger partial charge in [-0.05, 0) is 12.0 Å². The standard InChI is InChI=1S/C15H17NO5/c1-2-15(13(18)19)10-16(8-12(15)17)14(20)21-9-11-6-4-3-5-7-11/h3-7H,2,8-10H2,1H3,(H,18,19)/t15-/m1/s1. The summed E-state index contributed by atoms with van der Waals surface area (Å²) >= 11 is 0. The smallest absolute Gasteiger partial charge is 0.410 e. The minimum absolute atomic E-state index is 0.0938. The van der Waals surface area contributed by atoms with E-state index in [0.717, 1.165) is 10.5 Å². The van der Waals surface area contributed by atoms with Gasteiger partial charge in [0, 0.05) is 6.54 Å². The molecule has 1 fully saturated rings. The molecule has 0 radical (unpaired) electrons. The second kappa shape index (κ2) is 5.95. The normalized spacial score (nSPS) is 21.4. The molecule has 0 saturated carbocycles. The lowest BCUT2D eigenvalue weighted by molar-refractivity contribution is -0.152. The Morgan fingerprint density at radius 3 is 2.52 bits per heavy atom. The second-order valence-corrected chi connectivity index (χ2v) is 5.06. The van der Waals surface area contributed by atoms with E-state index in [-0.39, 0.29) is 26.1 Å². The van der Waals surface area contributed by atoms with Crippen molar-refractivity contribution >= 4 is 17.8 Å². The number of carboxylic acid groups (broad SMARTS) is 1. The Labute approximate surface area is 122 Å². The van der Waals surface area contributed by atoms with E-state index in [9.17, 15) is 19.5 Å². The Morgan fingerprint density at radius 1 is 1.33 bits per heavy atom. The van der Waals surface area contributed by atoms with Crippen LogP contribution < -0.4 is 0 Å². The first-order chi connectivity index (χ1) is 9.99. The number of nitrogens with zero attached hydrogens (tertiary/aromatic N) is 1. The molecule has 112 valence electrons. The number of likely N-dealkylation sites (tertiary alicyclic amines) is 1. The number of carbonyl (C=O) groups is 3. The summed E-state index contributed by atoms with van der Waals surface area (Å²) in [5.41, 5.74) is -0.664. The highest BCUT2D eigenvalue weighted by Gasteiger charge is 2.52. The molecule has 2 rings (SSSR count). The van der Waals surface area contributed by atoms with Crippen molar-refractivity contribution in [2.24, 2.45) is 5.41 Å². The molecule has 6 heteroatoms. The summed E-state index contributed by atoms with van der Waals surface area (Å²) < 4.78 is 5.12. The summed E-state index contributed by atoms with van der Waals surface area (Å²) in [6.07, 6.45) is -0.507. The van der Waals surface area contributed by atoms with Crippen LogP contribution in [-0.4, -0.2) is 40.9 Å². The first-order valence-electron chi connectivity index (χ1n) is 6.72. The summed E-state index contributed by atoms with van der Waals surface area (Å²) in [5, 5.41) is 9.24. The van der Waals surface area contributed by atoms with E-state index < -0.39 is 23.3 Å². The number of carbonyl (C=O) groups excluding carboxylic acids is 2. The van der Waals surface area contributed by atoms with E-state index in [2.05, 4.69) is 0 Å². The van der Waals surface area contributed by atoms with Gasteiger partial charge < -0.3 is 9.84 Å². The van der Waals surface area contributed by atoms with Gasteiger partial charge in [-0.1, -0.05) is 37.3 Å². The first-order valence-corrected chi connectivity index (χ1v) is 6.72. The van der Waals surface area contributed by atoms with E-state index >= 15 is 0 Å². The van der Waals surface area contributed by atoms with Gasteiger partial charge in [0.25, 0.3) is 0 Å². The predicted molar refractivity (Wildman–Crippen MR) is 73.6 cm³/mol. The fourth-order valence-corrected chi connectivity index (χ4v) is 2.38. The zero-order valence-corrected chi connectivity index (χ0v) is 11.7. The van der Waals surface area contributed by atoms with Crippen LogP contribution >= 0.6 is 0 Å². The van der Waals surface area contributed by atoms with Crippen molar-refractivity contribution < 1.29 is 24.2 Å². The van der Waals surface area contributed by atoms with E-state index in [1.54, 1.807) is 6.92 Å². The van der Waals surface area contributed by atoms with Gasteiger partial charge in [-0.15, -0.1) is 0 Å². The number of hydrogen-bond acceptors (Lipinski definition) is 4. The third-order valence-electron chi connectivity index (χ3n) is 3.81. The number of amides is 1. The van der Waals surface area contributed by atoms with Gasteiger partial charge in [-0.25, -0.2) is 4.79 Å². The van der Waals surface area contributed by atoms with Gasteiger partial charge in [0.2, 0.25) is 0 Å². The molecule has 0 unspecified atom stereocenters. The number of rotatable bonds is 4. The molecule has 1 N–H and O–H groups in total. The van der Waals surface area contributed by atoms with Gasteiger partial charge in [-0.2, -0.15) is 0 Å². The number of ether oxygens (including phenoxy) is 1. The zero-order valence-electron chi connectivity index (χ0n) is 11.7. The maximum Gasteiger partial charge on any atom is 0.410 e. The summed E-state index contributed by atoms with van der Waals surface area (Å²) in [4.78, 5) is 36.3. The Bertz CT molecular complexity index is 556. The van der Waals surface area contributed by atoms with Crippen LogP contribution in [-0.2, 0) is 20.9 Å². The quantitative estimate of drug-likeness (QED) is 0.853. The fraction of sp³-hybridized carbons (Fsp3) is 0.400. The van der Waals surface area contributed by atoms with Crippen LogP contribution in [0.25, 0.3) is 0 Å². The molecule has 0 bridgehead atoms. The van der Waals surface area contributed by atoms with Crippen molar-refractivity contribution in [3.8, 4) is 0 Å². The molecule has 0 aromatic heterocycles. The van der Waals surface area contributed by atoms with Crippen molar-refractivity contribution in [1.82, 2.24) is 4.90 Å². The molecule has 21 heavy (non-hydrogen) atoms. The second-order valence-electron chi connectivity index (χ2n) is 5.06. The SMILES string of the molecule is CC[C@@]1(C(=O)O)CN(C(=O)OCc2ccccc2)CC1=O. The van der Waals surface area contributed by atoms with Crippen LogP contribution in [0.3, 0.4) is 0 Å². The molecule has 1 saturated heterocycles. The van der Waals surface area contributed by atoms with Crippen LogP contribution in [0.2, 0.25) is 0 Å². The lowest BCUT2D eigenvalue weighted by atomic mass is 9.83. The third kappa shape index (κ3) is 2.89. The number of benzene rings is 1. The Kier molecular flexibility index (Phi) is 4.26. The van der Waals surface area contributed by atoms with Crippen LogP contribution in [0, 0.1) is 5.41 Å². The van der Waals surface area contributed by atoms with Crippen molar-refractivity contribution in [3.63, 3.8) is 0 Å². The van der Waals surface area contributed by atoms with Gasteiger partial charge in [0.05, 0.1) is 6.54 Å². The van der Waals surface area contributed by atoms with E-state index in [1.165, 1.54) is 0 Å². The van der Waals surface area contributed by atoms with Crippen LogP contribution in [0.1, 0.15) is 18.9 Å². The molecule has 6 nitrogen and oxygen atoms in total. The molecular weight excluding hydrogens is 274 g/mol. The lowest BCUT2D eigenvalue weighted by Crippen LogP contribution is -2.39. The number of hydrogen-bond donors (Lipinski definition) is 1. The van der Waals surface area contributed by atoms with E-state index in [1.807, 2.05) is 30.3 Å². The van der Waals surface area contributed by atoms with Gasteiger partial charge >= 0.3 is 12.1 Å². The molecule has 1 aliphatic rings. The monoisotopic (exact) mass is 291 g/mol. The lowest BCUT2D eigenvalue weighted by Gasteiger charge is -2.21. The molecule has 1 aromatic rings. The van der Waals surface area contributed by atoms with E-state index in [0.29, 0.717) is 0 Å². The number of ketones is 1. The summed E-state index contributed by atoms with van der Waals surface area (Å²) in [7, 11) is 0. The van der Waals surface area contributed by atoms with Crippen LogP contribution in [0.5, 0.6) is 0 Å². The summed E-state index contributed by atoms with van der Waals surface area (Å²) in [6, 6.07) is 9.14. The van der Waals surface area contributed by atoms with Gasteiger partial charge in [0.1, 0.15) is 12.0 Å². The summed E-state index contributed by atoms with van der Waals surface area (Å²) in [5.74, 6) is -1.64. The first kappa shape index (κ1) is 15.0. The van der Waals surface area contributed by atoms with E-state index in [4.69, 9.17) is 4.74 Å². The molecule has 1 atom stereocenters. The van der Waals surface area contributed by atoms with Crippen molar-refractivity contribution in [1.29, 1.82) is 0 Å². The average Bonchev–Trinajstić information content (AvgIpc) is 2.84. The highest BCUT2D eigenvalue weighted by atomic mass is 16.6. The number of aliphatic carboxylic acids is 1. The number of carboxylic acids is 1. The Hall–Kier alpha value is -2.37. The fourth-order valence-electron chi connectivity index (χ4n) is 2.38. The average molecular weight is 291 g/mol. The zero-order chi connectivity index (χ0) is 15.5. The molecular formula is C15H17NO5. The molecule has 1 aliphatic heterocycles. The topological polar surface area (TPSA) is 83.9 Å². The van der Waals surface area contributed by atoms with Crippen LogP contribution in [0.15, 0.2) is 30.3 Å². The largest absolute Gasteiger partial charge is 0.480 e. The highest BCUT2D eigenvalue weighted by Crippen LogP contribution is 2.31. The third-order valence-corrected chi connectivity index (χ3v) is 3.81. The molecule has 1 aromatic carbocycles. The maximum absolute atomic E-state index is 11.9. The number of Topliss-reactive ketones (excluding diaryl/α,β-unsaturated/α-hetero) is 1. The van der Waals surface area contributed by atoms with Gasteiger partial charge in [-0.3, -0.25) is 14.5 Å². The van der Waals surface area contributed by atoms with Crippen molar-refractivity contribution in [2.45, 2.75) is 20.0 Å². The summed E-state index contributed by atoms with van der Waals surface area (Å²) in [6.45, 7) is 1.38. The molecule has 1 heterocycles. The Morgan fingerprint density at radius 2 is 2.00 bits per heavy atom. The maximum atomic E-state index is 11.9. The molecule has 0 aliphatic carbocycles. The molecule has 0 spiro atoms. The van der Waals surface area contributed by atoms with Crippen molar-refractivity contribution in [2.75, 3.05) is 13.1 Å². The van der Waals surface area contributed by atoms with Gasteiger partial charge in [0.15, 0.2) is 5.78 Å². The minimum atomic E-state index is -1.49. The predicted octanol–water partition coefficient (Wildman–Crippen LogP) is 1.69. The Balaban J connectivity index is 1.99. The highest BCUT2D eigenvalue weighted by molar-refractivity contribution is 6.07. The molecule has 1 amide bonds. The minimum Gasteiger partial charge on any atom is -0.480 e. The van der Waals surface area contributed by atoms with Crippen molar-refractivity contribution in [3.05, 3.63) is 35.9 Å².